The number of hydrogen-bond donors (Lipinski definition) is 2. The largest absolute Gasteiger partial charge is 0.382 e. The number of ether oxygens (including phenoxy) is 2. The van der Waals surface area contributed by atoms with Crippen molar-refractivity contribution in [3.8, 4) is 0 Å². The van der Waals surface area contributed by atoms with E-state index in [2.05, 4.69) is 67.6 Å². The molecule has 0 aliphatic rings. The van der Waals surface area contributed by atoms with Crippen molar-refractivity contribution >= 4 is 29.9 Å². The fourth-order valence-corrected chi connectivity index (χ4v) is 2.59. The van der Waals surface area contributed by atoms with Crippen LogP contribution in [0, 0.1) is 0 Å². The van der Waals surface area contributed by atoms with Crippen LogP contribution in [0.5, 0.6) is 0 Å². The van der Waals surface area contributed by atoms with Crippen molar-refractivity contribution in [2.45, 2.75) is 52.4 Å². The predicted octanol–water partition coefficient (Wildman–Crippen LogP) is 4.14. The van der Waals surface area contributed by atoms with Gasteiger partial charge in [0.25, 0.3) is 0 Å². The molecule has 0 bridgehead atoms. The van der Waals surface area contributed by atoms with Crippen LogP contribution >= 0.6 is 24.0 Å². The Labute approximate surface area is 189 Å². The molecule has 1 aromatic carbocycles. The highest BCUT2D eigenvalue weighted by atomic mass is 127. The summed E-state index contributed by atoms with van der Waals surface area (Å²) in [5, 5.41) is 6.73. The molecule has 1 aromatic rings. The second kappa shape index (κ2) is 16.0. The van der Waals surface area contributed by atoms with E-state index in [9.17, 15) is 0 Å². The van der Waals surface area contributed by atoms with E-state index in [-0.39, 0.29) is 29.4 Å². The summed E-state index contributed by atoms with van der Waals surface area (Å²) in [6, 6.07) is 8.94. The summed E-state index contributed by atoms with van der Waals surface area (Å²) in [6.45, 7) is 13.5. The lowest BCUT2D eigenvalue weighted by atomic mass is 9.86. The summed E-state index contributed by atoms with van der Waals surface area (Å²) in [4.78, 5) is 4.64. The lowest BCUT2D eigenvalue weighted by molar-refractivity contribution is 0.0690. The minimum atomic E-state index is 0. The third-order valence-electron chi connectivity index (χ3n) is 4.27. The topological polar surface area (TPSA) is 54.9 Å². The molecule has 162 valence electrons. The van der Waals surface area contributed by atoms with E-state index in [0.29, 0.717) is 13.2 Å². The van der Waals surface area contributed by atoms with Crippen LogP contribution in [0.1, 0.15) is 51.7 Å². The molecule has 1 rings (SSSR count). The monoisotopic (exact) mass is 505 g/mol. The Morgan fingerprint density at radius 1 is 1.00 bits per heavy atom. The number of nitrogens with one attached hydrogen (secondary N) is 2. The Morgan fingerprint density at radius 3 is 2.32 bits per heavy atom. The fraction of sp³-hybridized carbons (Fsp3) is 0.682. The average Bonchev–Trinajstić information content (AvgIpc) is 2.63. The molecule has 0 aromatic heterocycles. The van der Waals surface area contributed by atoms with Gasteiger partial charge in [0, 0.05) is 33.4 Å². The molecular weight excluding hydrogens is 465 g/mol. The highest BCUT2D eigenvalue weighted by Crippen LogP contribution is 2.22. The molecule has 0 fully saturated rings. The van der Waals surface area contributed by atoms with E-state index < -0.39 is 0 Å². The molecule has 2 N–H and O–H groups in total. The van der Waals surface area contributed by atoms with Crippen molar-refractivity contribution in [2.24, 2.45) is 4.99 Å². The number of unbranched alkanes of at least 4 members (excludes halogenated alkanes) is 1. The molecule has 0 radical (unpaired) electrons. The third-order valence-corrected chi connectivity index (χ3v) is 4.27. The lowest BCUT2D eigenvalue weighted by Crippen LogP contribution is -2.38. The van der Waals surface area contributed by atoms with Crippen molar-refractivity contribution in [1.29, 1.82) is 0 Å². The van der Waals surface area contributed by atoms with Crippen LogP contribution in [0.2, 0.25) is 0 Å². The van der Waals surface area contributed by atoms with Gasteiger partial charge in [0.1, 0.15) is 0 Å². The summed E-state index contributed by atoms with van der Waals surface area (Å²) in [6.07, 6.45) is 3.03. The maximum absolute atomic E-state index is 5.47. The minimum Gasteiger partial charge on any atom is -0.382 e. The fourth-order valence-electron chi connectivity index (χ4n) is 2.59. The van der Waals surface area contributed by atoms with Gasteiger partial charge in [-0.3, -0.25) is 4.99 Å². The number of benzene rings is 1. The molecular formula is C22H40IN3O2. The van der Waals surface area contributed by atoms with Gasteiger partial charge in [0.2, 0.25) is 0 Å². The van der Waals surface area contributed by atoms with Crippen molar-refractivity contribution in [1.82, 2.24) is 10.6 Å². The summed E-state index contributed by atoms with van der Waals surface area (Å²) in [5.41, 5.74) is 2.93. The van der Waals surface area contributed by atoms with Gasteiger partial charge >= 0.3 is 0 Å². The first-order chi connectivity index (χ1) is 13.0. The Balaban J connectivity index is 0.00000729. The van der Waals surface area contributed by atoms with Gasteiger partial charge in [-0.1, -0.05) is 45.0 Å². The maximum atomic E-state index is 5.47. The second-order valence-electron chi connectivity index (χ2n) is 7.70. The number of methoxy groups -OCH3 is 1. The van der Waals surface area contributed by atoms with E-state index in [1.54, 1.807) is 7.11 Å². The van der Waals surface area contributed by atoms with Crippen LogP contribution < -0.4 is 10.6 Å². The molecule has 0 aliphatic carbocycles. The molecule has 0 heterocycles. The number of nitrogens with zero attached hydrogens (tertiary/aromatic N) is 1. The first-order valence-electron chi connectivity index (χ1n) is 10.2. The Bertz CT molecular complexity index is 528. The Hall–Kier alpha value is -0.860. The summed E-state index contributed by atoms with van der Waals surface area (Å²) in [5.74, 6) is 0.893. The highest BCUT2D eigenvalue weighted by Gasteiger charge is 2.12. The maximum Gasteiger partial charge on any atom is 0.191 e. The number of hydrogen-bond acceptors (Lipinski definition) is 3. The summed E-state index contributed by atoms with van der Waals surface area (Å²) < 4.78 is 10.4. The van der Waals surface area contributed by atoms with Crippen LogP contribution in [0.4, 0.5) is 0 Å². The molecule has 0 aliphatic heterocycles. The van der Waals surface area contributed by atoms with Gasteiger partial charge in [0.15, 0.2) is 5.96 Å². The van der Waals surface area contributed by atoms with Gasteiger partial charge in [-0.15, -0.1) is 24.0 Å². The minimum absolute atomic E-state index is 0. The zero-order valence-corrected chi connectivity index (χ0v) is 20.7. The van der Waals surface area contributed by atoms with E-state index in [0.717, 1.165) is 51.5 Å². The molecule has 0 amide bonds. The van der Waals surface area contributed by atoms with Crippen LogP contribution in [-0.2, 0) is 21.3 Å². The van der Waals surface area contributed by atoms with Crippen LogP contribution in [0.15, 0.2) is 29.3 Å². The second-order valence-corrected chi connectivity index (χ2v) is 7.70. The third kappa shape index (κ3) is 12.6. The first kappa shape index (κ1) is 27.1. The first-order valence-corrected chi connectivity index (χ1v) is 10.2. The number of halogens is 1. The Kier molecular flexibility index (Phi) is 15.5. The molecule has 0 unspecified atom stereocenters. The number of rotatable bonds is 12. The van der Waals surface area contributed by atoms with Crippen LogP contribution in [-0.4, -0.2) is 52.5 Å². The summed E-state index contributed by atoms with van der Waals surface area (Å²) >= 11 is 0. The average molecular weight is 505 g/mol. The van der Waals surface area contributed by atoms with E-state index in [4.69, 9.17) is 9.47 Å². The van der Waals surface area contributed by atoms with Crippen LogP contribution in [0.25, 0.3) is 0 Å². The van der Waals surface area contributed by atoms with Crippen LogP contribution in [0.3, 0.4) is 0 Å². The normalized spacial score (nSPS) is 11.8. The predicted molar refractivity (Wildman–Crippen MR) is 130 cm³/mol. The smallest absolute Gasteiger partial charge is 0.191 e. The molecule has 0 saturated carbocycles. The van der Waals surface area contributed by atoms with Crippen molar-refractivity contribution in [2.75, 3.05) is 46.6 Å². The highest BCUT2D eigenvalue weighted by molar-refractivity contribution is 14.0. The zero-order valence-electron chi connectivity index (χ0n) is 18.3. The van der Waals surface area contributed by atoms with E-state index >= 15 is 0 Å². The molecule has 0 spiro atoms. The van der Waals surface area contributed by atoms with Crippen molar-refractivity contribution in [3.63, 3.8) is 0 Å². The van der Waals surface area contributed by atoms with Gasteiger partial charge in [-0.2, -0.15) is 0 Å². The van der Waals surface area contributed by atoms with Gasteiger partial charge in [-0.05, 0) is 42.7 Å². The van der Waals surface area contributed by atoms with Crippen molar-refractivity contribution in [3.05, 3.63) is 35.4 Å². The lowest BCUT2D eigenvalue weighted by Gasteiger charge is -2.19. The van der Waals surface area contributed by atoms with E-state index in [1.807, 2.05) is 0 Å². The van der Waals surface area contributed by atoms with E-state index in [1.165, 1.54) is 11.1 Å². The van der Waals surface area contributed by atoms with Gasteiger partial charge in [-0.25, -0.2) is 0 Å². The molecule has 5 nitrogen and oxygen atoms in total. The quantitative estimate of drug-likeness (QED) is 0.194. The molecule has 6 heteroatoms. The van der Waals surface area contributed by atoms with Gasteiger partial charge < -0.3 is 20.1 Å². The number of aliphatic imine (C=N–C) groups is 1. The zero-order chi connectivity index (χ0) is 20.0. The number of guanidine groups is 1. The SMILES string of the molecule is CCNC(=NCCCCOCCOC)NCCc1ccc(C(C)(C)C)cc1.I. The molecule has 0 saturated heterocycles. The molecule has 28 heavy (non-hydrogen) atoms. The summed E-state index contributed by atoms with van der Waals surface area (Å²) in [7, 11) is 1.69. The molecule has 0 atom stereocenters. The van der Waals surface area contributed by atoms with Gasteiger partial charge in [0.05, 0.1) is 13.2 Å². The Morgan fingerprint density at radius 2 is 1.71 bits per heavy atom. The van der Waals surface area contributed by atoms with Crippen molar-refractivity contribution < 1.29 is 9.47 Å². The standard InChI is InChI=1S/C22H39N3O2.HI/c1-6-23-21(24-14-7-8-16-27-18-17-26-5)25-15-13-19-9-11-20(12-10-19)22(2,3)4;/h9-12H,6-8,13-18H2,1-5H3,(H2,23,24,25);1H.